The zero-order valence-electron chi connectivity index (χ0n) is 16.8. The van der Waals surface area contributed by atoms with Gasteiger partial charge in [-0.2, -0.15) is 0 Å². The van der Waals surface area contributed by atoms with Crippen LogP contribution in [0.4, 0.5) is 0 Å². The molecule has 1 aromatic carbocycles. The molecule has 9 nitrogen and oxygen atoms in total. The number of aromatic amines is 1. The minimum absolute atomic E-state index is 0.0244. The molecule has 0 unspecified atom stereocenters. The molecule has 0 bridgehead atoms. The van der Waals surface area contributed by atoms with Crippen molar-refractivity contribution in [3.8, 4) is 0 Å². The smallest absolute Gasteiger partial charge is 0.327 e. The summed E-state index contributed by atoms with van der Waals surface area (Å²) in [6.45, 7) is 5.12. The van der Waals surface area contributed by atoms with Gasteiger partial charge >= 0.3 is 5.97 Å². The van der Waals surface area contributed by atoms with E-state index in [-0.39, 0.29) is 21.9 Å². The molecule has 1 amide bonds. The van der Waals surface area contributed by atoms with E-state index in [0.717, 1.165) is 0 Å². The van der Waals surface area contributed by atoms with Crippen LogP contribution in [0.15, 0.2) is 29.2 Å². The number of H-pyrrole nitrogens is 1. The first-order valence-corrected chi connectivity index (χ1v) is 10.5. The number of aryl methyl sites for hydroxylation is 1. The molecule has 3 rings (SSSR count). The number of sulfonamides is 1. The van der Waals surface area contributed by atoms with Crippen molar-refractivity contribution in [1.82, 2.24) is 9.29 Å². The number of carbonyl (C=O) groups is 4. The molecule has 30 heavy (non-hydrogen) atoms. The Labute approximate surface area is 173 Å². The van der Waals surface area contributed by atoms with E-state index in [1.165, 1.54) is 38.1 Å². The van der Waals surface area contributed by atoms with Crippen molar-refractivity contribution in [1.29, 1.82) is 0 Å². The number of carbonyl (C=O) groups excluding carboxylic acids is 4. The molecule has 0 aliphatic carbocycles. The molecule has 2 heterocycles. The number of nitrogens with zero attached hydrogens (tertiary/aromatic N) is 1. The second-order valence-corrected chi connectivity index (χ2v) is 8.82. The van der Waals surface area contributed by atoms with Gasteiger partial charge in [-0.3, -0.25) is 19.2 Å². The van der Waals surface area contributed by atoms with Gasteiger partial charge in [0.2, 0.25) is 5.78 Å². The number of hydrogen-bond donors (Lipinski definition) is 1. The SMILES string of the molecule is CC(=O)c1c(C)[nH]c(C(=O)[C@@H](C)OC(=O)CN2C(=O)c3ccccc3S2(=O)=O)c1C. The third-order valence-electron chi connectivity index (χ3n) is 4.90. The van der Waals surface area contributed by atoms with Crippen LogP contribution in [0.25, 0.3) is 0 Å². The van der Waals surface area contributed by atoms with E-state index >= 15 is 0 Å². The largest absolute Gasteiger partial charge is 0.453 e. The zero-order chi connectivity index (χ0) is 22.4. The van der Waals surface area contributed by atoms with Crippen LogP contribution in [0, 0.1) is 13.8 Å². The molecular formula is C20H20N2O7S. The van der Waals surface area contributed by atoms with Crippen LogP contribution < -0.4 is 0 Å². The number of fused-ring (bicyclic) bond motifs is 1. The summed E-state index contributed by atoms with van der Waals surface area (Å²) in [5, 5.41) is 0. The van der Waals surface area contributed by atoms with E-state index < -0.39 is 40.3 Å². The fourth-order valence-electron chi connectivity index (χ4n) is 3.52. The van der Waals surface area contributed by atoms with Crippen molar-refractivity contribution in [3.63, 3.8) is 0 Å². The van der Waals surface area contributed by atoms with Gasteiger partial charge in [-0.05, 0) is 45.4 Å². The van der Waals surface area contributed by atoms with E-state index in [1.54, 1.807) is 13.8 Å². The number of amides is 1. The van der Waals surface area contributed by atoms with Crippen LogP contribution in [0.2, 0.25) is 0 Å². The fourth-order valence-corrected chi connectivity index (χ4v) is 5.03. The summed E-state index contributed by atoms with van der Waals surface area (Å²) in [5.41, 5.74) is 1.47. The van der Waals surface area contributed by atoms with Crippen LogP contribution in [0.5, 0.6) is 0 Å². The molecule has 1 aliphatic rings. The predicted molar refractivity (Wildman–Crippen MR) is 105 cm³/mol. The third kappa shape index (κ3) is 3.43. The quantitative estimate of drug-likeness (QED) is 0.544. The number of ketones is 2. The van der Waals surface area contributed by atoms with Crippen LogP contribution in [0.3, 0.4) is 0 Å². The van der Waals surface area contributed by atoms with Gasteiger partial charge in [0, 0.05) is 11.3 Å². The highest BCUT2D eigenvalue weighted by Crippen LogP contribution is 2.29. The van der Waals surface area contributed by atoms with Crippen molar-refractivity contribution in [2.75, 3.05) is 6.54 Å². The van der Waals surface area contributed by atoms with Crippen LogP contribution in [-0.4, -0.2) is 53.8 Å². The fraction of sp³-hybridized carbons (Fsp3) is 0.300. The Balaban J connectivity index is 1.75. The molecule has 0 spiro atoms. The molecule has 1 aromatic heterocycles. The summed E-state index contributed by atoms with van der Waals surface area (Å²) in [4.78, 5) is 51.7. The van der Waals surface area contributed by atoms with Gasteiger partial charge in [0.15, 0.2) is 11.9 Å². The van der Waals surface area contributed by atoms with Gasteiger partial charge < -0.3 is 9.72 Å². The molecule has 2 aromatic rings. The molecule has 0 saturated heterocycles. The van der Waals surface area contributed by atoms with E-state index in [1.807, 2.05) is 0 Å². The monoisotopic (exact) mass is 432 g/mol. The highest BCUT2D eigenvalue weighted by atomic mass is 32.2. The summed E-state index contributed by atoms with van der Waals surface area (Å²) in [6.07, 6.45) is -1.25. The lowest BCUT2D eigenvalue weighted by atomic mass is 10.0. The van der Waals surface area contributed by atoms with Crippen molar-refractivity contribution < 1.29 is 32.3 Å². The zero-order valence-corrected chi connectivity index (χ0v) is 17.6. The Morgan fingerprint density at radius 3 is 2.37 bits per heavy atom. The molecule has 10 heteroatoms. The number of Topliss-reactive ketones (excluding diaryl/α,β-unsaturated/α-hetero) is 2. The van der Waals surface area contributed by atoms with Crippen LogP contribution in [0.1, 0.15) is 56.3 Å². The normalized spacial score (nSPS) is 15.6. The molecule has 1 aliphatic heterocycles. The summed E-state index contributed by atoms with van der Waals surface area (Å²) in [7, 11) is -4.16. The average Bonchev–Trinajstić information content (AvgIpc) is 3.07. The van der Waals surface area contributed by atoms with Crippen molar-refractivity contribution >= 4 is 33.5 Å². The Bertz CT molecular complexity index is 1190. The van der Waals surface area contributed by atoms with Crippen molar-refractivity contribution in [2.45, 2.75) is 38.7 Å². The van der Waals surface area contributed by atoms with Gasteiger partial charge in [-0.1, -0.05) is 12.1 Å². The topological polar surface area (TPSA) is 131 Å². The number of aromatic nitrogens is 1. The summed E-state index contributed by atoms with van der Waals surface area (Å²) >= 11 is 0. The first kappa shape index (κ1) is 21.4. The number of nitrogens with one attached hydrogen (secondary N) is 1. The maximum absolute atomic E-state index is 12.7. The molecule has 1 N–H and O–H groups in total. The number of esters is 1. The third-order valence-corrected chi connectivity index (χ3v) is 6.69. The van der Waals surface area contributed by atoms with Gasteiger partial charge in [0.05, 0.1) is 11.3 Å². The molecule has 158 valence electrons. The first-order valence-electron chi connectivity index (χ1n) is 9.06. The van der Waals surface area contributed by atoms with Crippen LogP contribution >= 0.6 is 0 Å². The standard InChI is InChI=1S/C20H20N2O7S/c1-10-17(12(3)23)11(2)21-18(10)19(25)13(4)29-16(24)9-22-20(26)14-7-5-6-8-15(14)30(22,27)28/h5-8,13,21H,9H2,1-4H3/t13-/m1/s1. The second kappa shape index (κ2) is 7.52. The Morgan fingerprint density at radius 2 is 1.80 bits per heavy atom. The summed E-state index contributed by atoms with van der Waals surface area (Å²) in [5.74, 6) is -2.66. The number of ether oxygens (including phenoxy) is 1. The lowest BCUT2D eigenvalue weighted by molar-refractivity contribution is -0.146. The minimum atomic E-state index is -4.16. The minimum Gasteiger partial charge on any atom is -0.453 e. The van der Waals surface area contributed by atoms with E-state index in [0.29, 0.717) is 21.1 Å². The molecule has 0 radical (unpaired) electrons. The highest BCUT2D eigenvalue weighted by Gasteiger charge is 2.42. The maximum atomic E-state index is 12.7. The van der Waals surface area contributed by atoms with Gasteiger partial charge in [-0.15, -0.1) is 0 Å². The second-order valence-electron chi connectivity index (χ2n) is 6.99. The van der Waals surface area contributed by atoms with Crippen molar-refractivity contribution in [3.05, 3.63) is 52.3 Å². The van der Waals surface area contributed by atoms with Crippen molar-refractivity contribution in [2.24, 2.45) is 0 Å². The average molecular weight is 432 g/mol. The molecule has 1 atom stereocenters. The van der Waals surface area contributed by atoms with E-state index in [2.05, 4.69) is 4.98 Å². The van der Waals surface area contributed by atoms with Gasteiger partial charge in [0.25, 0.3) is 15.9 Å². The molecule has 0 saturated carbocycles. The van der Waals surface area contributed by atoms with Gasteiger partial charge in [0.1, 0.15) is 11.4 Å². The number of rotatable bonds is 6. The Morgan fingerprint density at radius 1 is 1.17 bits per heavy atom. The predicted octanol–water partition coefficient (Wildman–Crippen LogP) is 1.79. The van der Waals surface area contributed by atoms with E-state index in [4.69, 9.17) is 4.74 Å². The molecular weight excluding hydrogens is 412 g/mol. The Kier molecular flexibility index (Phi) is 5.38. The highest BCUT2D eigenvalue weighted by molar-refractivity contribution is 7.90. The lowest BCUT2D eigenvalue weighted by Crippen LogP contribution is -2.38. The summed E-state index contributed by atoms with van der Waals surface area (Å²) < 4.78 is 30.5. The first-order chi connectivity index (χ1) is 14.0. The lowest BCUT2D eigenvalue weighted by Gasteiger charge is -2.17. The van der Waals surface area contributed by atoms with E-state index in [9.17, 15) is 27.6 Å². The Hall–Kier alpha value is -3.27. The van der Waals surface area contributed by atoms with Crippen LogP contribution in [-0.2, 0) is 19.6 Å². The molecule has 0 fully saturated rings. The number of hydrogen-bond acceptors (Lipinski definition) is 7. The van der Waals surface area contributed by atoms with Gasteiger partial charge in [-0.25, -0.2) is 12.7 Å². The summed E-state index contributed by atoms with van der Waals surface area (Å²) in [6, 6.07) is 5.63. The number of benzene rings is 1. The maximum Gasteiger partial charge on any atom is 0.327 e.